The van der Waals surface area contributed by atoms with Crippen molar-refractivity contribution in [2.24, 2.45) is 0 Å². The van der Waals surface area contributed by atoms with E-state index in [2.05, 4.69) is 18.9 Å². The van der Waals surface area contributed by atoms with E-state index in [1.165, 1.54) is 19.3 Å². The molecule has 0 aliphatic carbocycles. The Hall–Kier alpha value is -1.22. The Morgan fingerprint density at radius 2 is 2.06 bits per heavy atom. The van der Waals surface area contributed by atoms with E-state index < -0.39 is 0 Å². The average molecular weight is 236 g/mol. The summed E-state index contributed by atoms with van der Waals surface area (Å²) in [5.74, 6) is 0.918. The molecule has 1 aromatic carbocycles. The Labute approximate surface area is 105 Å². The van der Waals surface area contributed by atoms with Crippen LogP contribution in [0.15, 0.2) is 18.2 Å². The maximum atomic E-state index is 5.81. The summed E-state index contributed by atoms with van der Waals surface area (Å²) in [6, 6.07) is 5.80. The molecule has 0 saturated carbocycles. The highest BCUT2D eigenvalue weighted by atomic mass is 16.5. The Morgan fingerprint density at radius 3 is 2.71 bits per heavy atom. The van der Waals surface area contributed by atoms with Gasteiger partial charge in [0.25, 0.3) is 0 Å². The van der Waals surface area contributed by atoms with Crippen molar-refractivity contribution in [1.82, 2.24) is 4.90 Å². The molecule has 0 unspecified atom stereocenters. The minimum absolute atomic E-state index is 0.794. The fraction of sp³-hybridized carbons (Fsp3) is 0.571. The van der Waals surface area contributed by atoms with Gasteiger partial charge >= 0.3 is 0 Å². The van der Waals surface area contributed by atoms with Gasteiger partial charge in [0, 0.05) is 17.8 Å². The van der Waals surface area contributed by atoms with E-state index in [9.17, 15) is 0 Å². The molecule has 0 aliphatic rings. The number of nitrogens with zero attached hydrogens (tertiary/aromatic N) is 1. The molecule has 0 bridgehead atoms. The van der Waals surface area contributed by atoms with E-state index in [-0.39, 0.29) is 0 Å². The summed E-state index contributed by atoms with van der Waals surface area (Å²) in [7, 11) is 3.84. The summed E-state index contributed by atoms with van der Waals surface area (Å²) in [6.45, 7) is 4.23. The van der Waals surface area contributed by atoms with Crippen molar-refractivity contribution in [3.05, 3.63) is 23.8 Å². The summed E-state index contributed by atoms with van der Waals surface area (Å²) in [6.07, 6.45) is 3.80. The van der Waals surface area contributed by atoms with Gasteiger partial charge in [0.1, 0.15) is 5.75 Å². The van der Waals surface area contributed by atoms with Gasteiger partial charge in [-0.3, -0.25) is 0 Å². The van der Waals surface area contributed by atoms with Crippen LogP contribution in [0, 0.1) is 0 Å². The molecular weight excluding hydrogens is 212 g/mol. The molecule has 0 aliphatic heterocycles. The van der Waals surface area contributed by atoms with Gasteiger partial charge in [-0.15, -0.1) is 0 Å². The standard InChI is InChI=1S/C14H24N2O/c1-4-5-6-9-16(2)11-12-10-13(15)7-8-14(12)17-3/h7-8,10H,4-6,9,11,15H2,1-3H3. The molecular formula is C14H24N2O. The van der Waals surface area contributed by atoms with Gasteiger partial charge in [-0.05, 0) is 38.2 Å². The lowest BCUT2D eigenvalue weighted by Gasteiger charge is -2.18. The van der Waals surface area contributed by atoms with Crippen LogP contribution in [0.4, 0.5) is 5.69 Å². The van der Waals surface area contributed by atoms with Gasteiger partial charge in [-0.2, -0.15) is 0 Å². The lowest BCUT2D eigenvalue weighted by atomic mass is 10.1. The maximum Gasteiger partial charge on any atom is 0.123 e. The molecule has 96 valence electrons. The molecule has 2 N–H and O–H groups in total. The first kappa shape index (κ1) is 13.8. The highest BCUT2D eigenvalue weighted by Gasteiger charge is 2.06. The van der Waals surface area contributed by atoms with Crippen molar-refractivity contribution < 1.29 is 4.74 Å². The molecule has 0 atom stereocenters. The van der Waals surface area contributed by atoms with Crippen molar-refractivity contribution in [3.63, 3.8) is 0 Å². The van der Waals surface area contributed by atoms with Gasteiger partial charge in [0.2, 0.25) is 0 Å². The van der Waals surface area contributed by atoms with Crippen LogP contribution in [-0.2, 0) is 6.54 Å². The molecule has 0 fully saturated rings. The van der Waals surface area contributed by atoms with Crippen molar-refractivity contribution in [2.75, 3.05) is 26.4 Å². The highest BCUT2D eigenvalue weighted by Crippen LogP contribution is 2.22. The minimum atomic E-state index is 0.794. The lowest BCUT2D eigenvalue weighted by Crippen LogP contribution is -2.19. The van der Waals surface area contributed by atoms with Gasteiger partial charge in [0.05, 0.1) is 7.11 Å². The van der Waals surface area contributed by atoms with Crippen LogP contribution in [0.1, 0.15) is 31.7 Å². The van der Waals surface area contributed by atoms with E-state index >= 15 is 0 Å². The minimum Gasteiger partial charge on any atom is -0.496 e. The van der Waals surface area contributed by atoms with Crippen LogP contribution >= 0.6 is 0 Å². The third kappa shape index (κ3) is 4.65. The maximum absolute atomic E-state index is 5.81. The summed E-state index contributed by atoms with van der Waals surface area (Å²) >= 11 is 0. The van der Waals surface area contributed by atoms with Crippen LogP contribution in [0.3, 0.4) is 0 Å². The molecule has 3 heteroatoms. The van der Waals surface area contributed by atoms with Crippen molar-refractivity contribution >= 4 is 5.69 Å². The second-order valence-electron chi connectivity index (χ2n) is 4.52. The highest BCUT2D eigenvalue weighted by molar-refractivity contribution is 5.47. The Bertz CT molecular complexity index is 339. The topological polar surface area (TPSA) is 38.5 Å². The first-order valence-corrected chi connectivity index (χ1v) is 6.28. The Balaban J connectivity index is 2.57. The third-order valence-corrected chi connectivity index (χ3v) is 2.89. The number of hydrogen-bond donors (Lipinski definition) is 1. The van der Waals surface area contributed by atoms with E-state index in [1.807, 2.05) is 18.2 Å². The number of methoxy groups -OCH3 is 1. The number of nitrogens with two attached hydrogens (primary N) is 1. The number of hydrogen-bond acceptors (Lipinski definition) is 3. The zero-order chi connectivity index (χ0) is 12.7. The first-order chi connectivity index (χ1) is 8.17. The van der Waals surface area contributed by atoms with Crippen molar-refractivity contribution in [1.29, 1.82) is 0 Å². The number of unbranched alkanes of at least 4 members (excludes halogenated alkanes) is 2. The summed E-state index contributed by atoms with van der Waals surface area (Å²) < 4.78 is 5.34. The van der Waals surface area contributed by atoms with Crippen LogP contribution in [0.2, 0.25) is 0 Å². The summed E-state index contributed by atoms with van der Waals surface area (Å²) in [5.41, 5.74) is 7.76. The normalized spacial score (nSPS) is 10.8. The fourth-order valence-corrected chi connectivity index (χ4v) is 1.92. The molecule has 17 heavy (non-hydrogen) atoms. The summed E-state index contributed by atoms with van der Waals surface area (Å²) in [5, 5.41) is 0. The fourth-order valence-electron chi connectivity index (χ4n) is 1.92. The molecule has 0 radical (unpaired) electrons. The zero-order valence-corrected chi connectivity index (χ0v) is 11.2. The second-order valence-corrected chi connectivity index (χ2v) is 4.52. The van der Waals surface area contributed by atoms with Gasteiger partial charge < -0.3 is 15.4 Å². The Morgan fingerprint density at radius 1 is 1.29 bits per heavy atom. The number of rotatable bonds is 7. The van der Waals surface area contributed by atoms with Crippen LogP contribution in [-0.4, -0.2) is 25.6 Å². The number of benzene rings is 1. The summed E-state index contributed by atoms with van der Waals surface area (Å²) in [4.78, 5) is 2.31. The third-order valence-electron chi connectivity index (χ3n) is 2.89. The number of nitrogen functional groups attached to an aromatic ring is 1. The molecule has 0 aromatic heterocycles. The van der Waals surface area contributed by atoms with E-state index in [1.54, 1.807) is 7.11 Å². The Kier molecular flexibility index (Phi) is 5.84. The zero-order valence-electron chi connectivity index (χ0n) is 11.2. The number of ether oxygens (including phenoxy) is 1. The van der Waals surface area contributed by atoms with Gasteiger partial charge in [-0.1, -0.05) is 19.8 Å². The predicted octanol–water partition coefficient (Wildman–Crippen LogP) is 2.90. The lowest BCUT2D eigenvalue weighted by molar-refractivity contribution is 0.310. The molecule has 1 rings (SSSR count). The average Bonchev–Trinajstić information content (AvgIpc) is 2.29. The van der Waals surface area contributed by atoms with E-state index in [4.69, 9.17) is 10.5 Å². The van der Waals surface area contributed by atoms with Crippen LogP contribution < -0.4 is 10.5 Å². The van der Waals surface area contributed by atoms with Crippen molar-refractivity contribution in [3.8, 4) is 5.75 Å². The largest absolute Gasteiger partial charge is 0.496 e. The SMILES string of the molecule is CCCCCN(C)Cc1cc(N)ccc1OC. The quantitative estimate of drug-likeness (QED) is 0.584. The second kappa shape index (κ2) is 7.17. The van der Waals surface area contributed by atoms with E-state index in [0.29, 0.717) is 0 Å². The monoisotopic (exact) mass is 236 g/mol. The van der Waals surface area contributed by atoms with Gasteiger partial charge in [-0.25, -0.2) is 0 Å². The molecule has 0 amide bonds. The van der Waals surface area contributed by atoms with Gasteiger partial charge in [0.15, 0.2) is 0 Å². The first-order valence-electron chi connectivity index (χ1n) is 6.28. The van der Waals surface area contributed by atoms with E-state index in [0.717, 1.165) is 30.1 Å². The number of anilines is 1. The van der Waals surface area contributed by atoms with Crippen molar-refractivity contribution in [2.45, 2.75) is 32.7 Å². The molecule has 0 heterocycles. The molecule has 1 aromatic rings. The van der Waals surface area contributed by atoms with Crippen LogP contribution in [0.25, 0.3) is 0 Å². The molecule has 3 nitrogen and oxygen atoms in total. The molecule has 0 saturated heterocycles. The molecule has 0 spiro atoms. The van der Waals surface area contributed by atoms with Crippen LogP contribution in [0.5, 0.6) is 5.75 Å². The smallest absolute Gasteiger partial charge is 0.123 e. The predicted molar refractivity (Wildman–Crippen MR) is 73.3 cm³/mol.